The number of nitrogens with one attached hydrogen (secondary N) is 1. The van der Waals surface area contributed by atoms with E-state index in [0.717, 1.165) is 16.7 Å². The number of aromatic nitrogens is 8. The summed E-state index contributed by atoms with van der Waals surface area (Å²) in [4.78, 5) is 8.71. The minimum absolute atomic E-state index is 0.616. The van der Waals surface area contributed by atoms with Crippen molar-refractivity contribution in [3.05, 3.63) is 24.8 Å². The Bertz CT molecular complexity index is 851. The minimum atomic E-state index is 0.616. The Hall–Kier alpha value is -2.77. The van der Waals surface area contributed by atoms with Crippen LogP contribution in [0.1, 0.15) is 0 Å². The summed E-state index contributed by atoms with van der Waals surface area (Å²) in [5, 5.41) is 16.1. The molecular formula is C10H8N8. The Morgan fingerprint density at radius 3 is 3.11 bits per heavy atom. The average Bonchev–Trinajstić information content (AvgIpc) is 3.04. The molecule has 4 aromatic heterocycles. The highest BCUT2D eigenvalue weighted by Gasteiger charge is 2.12. The first kappa shape index (κ1) is 9.28. The number of hydrogen-bond acceptors (Lipinski definition) is 5. The first-order chi connectivity index (χ1) is 8.83. The molecule has 0 spiro atoms. The summed E-state index contributed by atoms with van der Waals surface area (Å²) in [6, 6.07) is 1.87. The predicted octanol–water partition coefficient (Wildman–Crippen LogP) is 0.401. The Morgan fingerprint density at radius 2 is 2.28 bits per heavy atom. The fourth-order valence-corrected chi connectivity index (χ4v) is 1.94. The third-order valence-electron chi connectivity index (χ3n) is 2.84. The first-order valence-corrected chi connectivity index (χ1v) is 5.36. The lowest BCUT2D eigenvalue weighted by molar-refractivity contribution is 0.768. The van der Waals surface area contributed by atoms with Crippen molar-refractivity contribution in [3.8, 4) is 11.5 Å². The molecule has 0 aromatic carbocycles. The highest BCUT2D eigenvalue weighted by Crippen LogP contribution is 2.18. The molecule has 0 atom stereocenters. The van der Waals surface area contributed by atoms with Gasteiger partial charge in [0.15, 0.2) is 17.1 Å². The van der Waals surface area contributed by atoms with Crippen molar-refractivity contribution < 1.29 is 0 Å². The van der Waals surface area contributed by atoms with E-state index in [4.69, 9.17) is 0 Å². The van der Waals surface area contributed by atoms with Crippen LogP contribution in [-0.4, -0.2) is 39.6 Å². The fourth-order valence-electron chi connectivity index (χ4n) is 1.94. The van der Waals surface area contributed by atoms with Crippen molar-refractivity contribution in [1.82, 2.24) is 39.6 Å². The van der Waals surface area contributed by atoms with Crippen LogP contribution in [0.25, 0.3) is 28.2 Å². The fraction of sp³-hybridized carbons (Fsp3) is 0.100. The minimum Gasteiger partial charge on any atom is -0.265 e. The second kappa shape index (κ2) is 3.13. The van der Waals surface area contributed by atoms with Gasteiger partial charge in [0, 0.05) is 13.2 Å². The lowest BCUT2D eigenvalue weighted by Gasteiger charge is -1.93. The van der Waals surface area contributed by atoms with Crippen molar-refractivity contribution in [1.29, 1.82) is 0 Å². The van der Waals surface area contributed by atoms with Crippen LogP contribution in [-0.2, 0) is 7.05 Å². The zero-order valence-electron chi connectivity index (χ0n) is 9.44. The molecule has 0 saturated heterocycles. The summed E-state index contributed by atoms with van der Waals surface area (Å²) in [5.41, 5.74) is 2.28. The lowest BCUT2D eigenvalue weighted by atomic mass is 10.4. The Morgan fingerprint density at radius 1 is 1.33 bits per heavy atom. The van der Waals surface area contributed by atoms with Crippen LogP contribution in [0.3, 0.4) is 0 Å². The van der Waals surface area contributed by atoms with Gasteiger partial charge in [-0.15, -0.1) is 5.10 Å². The molecule has 0 amide bonds. The van der Waals surface area contributed by atoms with Crippen molar-refractivity contribution in [2.45, 2.75) is 0 Å². The molecule has 0 saturated carbocycles. The number of aryl methyl sites for hydroxylation is 1. The summed E-state index contributed by atoms with van der Waals surface area (Å²) < 4.78 is 3.37. The highest BCUT2D eigenvalue weighted by molar-refractivity contribution is 5.88. The van der Waals surface area contributed by atoms with Gasteiger partial charge < -0.3 is 0 Å². The standard InChI is InChI=1S/C10H8N8/c1-17-7(2-3-13-17)9-14-10-6-4-12-15-8(6)11-5-18(10)16-9/h2-5H,1H3,(H,12,15). The summed E-state index contributed by atoms with van der Waals surface area (Å²) in [6.45, 7) is 0. The highest BCUT2D eigenvalue weighted by atomic mass is 15.3. The lowest BCUT2D eigenvalue weighted by Crippen LogP contribution is -1.95. The molecule has 0 bridgehead atoms. The molecule has 4 rings (SSSR count). The molecule has 4 heterocycles. The van der Waals surface area contributed by atoms with E-state index < -0.39 is 0 Å². The Labute approximate surface area is 100 Å². The number of aromatic amines is 1. The van der Waals surface area contributed by atoms with Crippen LogP contribution in [0.2, 0.25) is 0 Å². The second-order valence-electron chi connectivity index (χ2n) is 3.92. The van der Waals surface area contributed by atoms with Gasteiger partial charge in [0.2, 0.25) is 0 Å². The third kappa shape index (κ3) is 1.11. The van der Waals surface area contributed by atoms with Crippen LogP contribution in [0.5, 0.6) is 0 Å². The largest absolute Gasteiger partial charge is 0.265 e. The quantitative estimate of drug-likeness (QED) is 0.520. The van der Waals surface area contributed by atoms with Gasteiger partial charge in [0.05, 0.1) is 11.6 Å². The zero-order chi connectivity index (χ0) is 12.1. The molecule has 0 fully saturated rings. The molecule has 8 nitrogen and oxygen atoms in total. The molecule has 0 aliphatic heterocycles. The summed E-state index contributed by atoms with van der Waals surface area (Å²) in [7, 11) is 1.85. The summed E-state index contributed by atoms with van der Waals surface area (Å²) >= 11 is 0. The third-order valence-corrected chi connectivity index (χ3v) is 2.84. The number of hydrogen-bond donors (Lipinski definition) is 1. The molecule has 1 N–H and O–H groups in total. The monoisotopic (exact) mass is 240 g/mol. The van der Waals surface area contributed by atoms with Gasteiger partial charge in [-0.05, 0) is 6.07 Å². The van der Waals surface area contributed by atoms with Crippen LogP contribution < -0.4 is 0 Å². The smallest absolute Gasteiger partial charge is 0.200 e. The van der Waals surface area contributed by atoms with Crippen molar-refractivity contribution in [3.63, 3.8) is 0 Å². The zero-order valence-corrected chi connectivity index (χ0v) is 9.44. The van der Waals surface area contributed by atoms with Gasteiger partial charge in [0.1, 0.15) is 12.0 Å². The van der Waals surface area contributed by atoms with E-state index >= 15 is 0 Å². The van der Waals surface area contributed by atoms with E-state index in [9.17, 15) is 0 Å². The molecule has 8 heteroatoms. The van der Waals surface area contributed by atoms with Gasteiger partial charge in [0.25, 0.3) is 0 Å². The predicted molar refractivity (Wildman–Crippen MR) is 62.6 cm³/mol. The molecule has 4 aromatic rings. The number of rotatable bonds is 1. The van der Waals surface area contributed by atoms with Crippen LogP contribution in [0, 0.1) is 0 Å². The molecule has 88 valence electrons. The first-order valence-electron chi connectivity index (χ1n) is 5.36. The molecule has 18 heavy (non-hydrogen) atoms. The van der Waals surface area contributed by atoms with E-state index in [1.165, 1.54) is 0 Å². The average molecular weight is 240 g/mol. The van der Waals surface area contributed by atoms with E-state index in [0.29, 0.717) is 11.5 Å². The molecule has 0 unspecified atom stereocenters. The van der Waals surface area contributed by atoms with E-state index in [1.807, 2.05) is 13.1 Å². The molecule has 0 aliphatic rings. The van der Waals surface area contributed by atoms with Gasteiger partial charge in [-0.25, -0.2) is 14.5 Å². The van der Waals surface area contributed by atoms with Gasteiger partial charge >= 0.3 is 0 Å². The molecule has 0 aliphatic carbocycles. The summed E-state index contributed by atoms with van der Waals surface area (Å²) in [5.74, 6) is 0.616. The van der Waals surface area contributed by atoms with E-state index in [-0.39, 0.29) is 0 Å². The van der Waals surface area contributed by atoms with Gasteiger partial charge in [-0.3, -0.25) is 9.78 Å². The van der Waals surface area contributed by atoms with Crippen LogP contribution in [0.4, 0.5) is 0 Å². The maximum atomic E-state index is 4.51. The van der Waals surface area contributed by atoms with Crippen LogP contribution >= 0.6 is 0 Å². The Kier molecular flexibility index (Phi) is 1.61. The number of nitrogens with zero attached hydrogens (tertiary/aromatic N) is 7. The number of H-pyrrole nitrogens is 1. The molecular weight excluding hydrogens is 232 g/mol. The Balaban J connectivity index is 2.07. The van der Waals surface area contributed by atoms with Crippen molar-refractivity contribution in [2.75, 3.05) is 0 Å². The topological polar surface area (TPSA) is 89.6 Å². The molecule has 0 radical (unpaired) electrons. The van der Waals surface area contributed by atoms with Crippen LogP contribution in [0.15, 0.2) is 24.8 Å². The van der Waals surface area contributed by atoms with Crippen molar-refractivity contribution in [2.24, 2.45) is 7.05 Å². The van der Waals surface area contributed by atoms with Gasteiger partial charge in [-0.1, -0.05) is 0 Å². The normalized spacial score (nSPS) is 11.6. The maximum Gasteiger partial charge on any atom is 0.200 e. The maximum absolute atomic E-state index is 4.51. The number of fused-ring (bicyclic) bond motifs is 3. The van der Waals surface area contributed by atoms with Gasteiger partial charge in [-0.2, -0.15) is 10.2 Å². The SMILES string of the molecule is Cn1nccc1-c1nc2c3cn[nH]c3ncn2n1. The second-order valence-corrected chi connectivity index (χ2v) is 3.92. The van der Waals surface area contributed by atoms with E-state index in [1.54, 1.807) is 27.9 Å². The summed E-state index contributed by atoms with van der Waals surface area (Å²) in [6.07, 6.45) is 5.02. The van der Waals surface area contributed by atoms with E-state index in [2.05, 4.69) is 30.4 Å². The van der Waals surface area contributed by atoms with Crippen molar-refractivity contribution >= 4 is 16.7 Å².